The highest BCUT2D eigenvalue weighted by Gasteiger charge is 2.18. The van der Waals surface area contributed by atoms with Gasteiger partial charge in [0.15, 0.2) is 6.61 Å². The third-order valence-electron chi connectivity index (χ3n) is 4.60. The first kappa shape index (κ1) is 22.5. The van der Waals surface area contributed by atoms with Crippen LogP contribution in [0.4, 0.5) is 0 Å². The molecule has 0 saturated heterocycles. The summed E-state index contributed by atoms with van der Waals surface area (Å²) in [5, 5.41) is 5.14. The van der Waals surface area contributed by atoms with Crippen molar-refractivity contribution in [1.29, 1.82) is 0 Å². The largest absolute Gasteiger partial charge is 0.484 e. The molecular weight excluding hydrogens is 460 g/mol. The molecule has 1 aromatic heterocycles. The molecule has 0 aliphatic rings. The monoisotopic (exact) mass is 478 g/mol. The van der Waals surface area contributed by atoms with Crippen molar-refractivity contribution in [2.45, 2.75) is 6.92 Å². The van der Waals surface area contributed by atoms with Crippen LogP contribution >= 0.6 is 22.9 Å². The first-order valence-electron chi connectivity index (χ1n) is 10.0. The number of rotatable bonds is 7. The highest BCUT2D eigenvalue weighted by atomic mass is 35.5. The van der Waals surface area contributed by atoms with Crippen LogP contribution in [0.2, 0.25) is 5.02 Å². The van der Waals surface area contributed by atoms with Crippen molar-refractivity contribution in [1.82, 2.24) is 5.43 Å². The van der Waals surface area contributed by atoms with Crippen LogP contribution in [0.3, 0.4) is 0 Å². The van der Waals surface area contributed by atoms with Crippen molar-refractivity contribution >= 4 is 51.1 Å². The van der Waals surface area contributed by atoms with Crippen LogP contribution in [0.5, 0.6) is 11.5 Å². The van der Waals surface area contributed by atoms with Gasteiger partial charge in [0.2, 0.25) is 0 Å². The van der Waals surface area contributed by atoms with Crippen molar-refractivity contribution < 1.29 is 19.1 Å². The van der Waals surface area contributed by atoms with Crippen LogP contribution in [-0.2, 0) is 4.79 Å². The van der Waals surface area contributed by atoms with Crippen LogP contribution in [0.25, 0.3) is 10.1 Å². The fourth-order valence-corrected chi connectivity index (χ4v) is 4.30. The van der Waals surface area contributed by atoms with E-state index < -0.39 is 5.97 Å². The van der Waals surface area contributed by atoms with Crippen LogP contribution < -0.4 is 14.9 Å². The van der Waals surface area contributed by atoms with Gasteiger partial charge in [0.1, 0.15) is 16.4 Å². The molecule has 1 heterocycles. The molecule has 6 nitrogen and oxygen atoms in total. The maximum Gasteiger partial charge on any atom is 0.355 e. The van der Waals surface area contributed by atoms with E-state index in [1.54, 1.807) is 36.4 Å². The van der Waals surface area contributed by atoms with Gasteiger partial charge in [-0.15, -0.1) is 11.3 Å². The summed E-state index contributed by atoms with van der Waals surface area (Å²) in [6, 6.07) is 21.7. The Balaban J connectivity index is 1.29. The number of hydrogen-bond acceptors (Lipinski definition) is 6. The molecule has 0 fully saturated rings. The first-order chi connectivity index (χ1) is 16.0. The Hall–Kier alpha value is -3.68. The van der Waals surface area contributed by atoms with E-state index in [1.165, 1.54) is 17.6 Å². The molecule has 0 radical (unpaired) electrons. The second-order valence-corrected chi connectivity index (χ2v) is 8.52. The number of nitrogens with zero attached hydrogens (tertiary/aromatic N) is 1. The maximum absolute atomic E-state index is 12.5. The molecule has 166 valence electrons. The number of aryl methyl sites for hydroxylation is 1. The molecule has 0 unspecified atom stereocenters. The molecule has 1 N–H and O–H groups in total. The molecule has 33 heavy (non-hydrogen) atoms. The Morgan fingerprint density at radius 2 is 1.70 bits per heavy atom. The summed E-state index contributed by atoms with van der Waals surface area (Å²) in [5.41, 5.74) is 4.24. The number of carbonyl (C=O) groups excluding carboxylic acids is 2. The van der Waals surface area contributed by atoms with Gasteiger partial charge in [-0.2, -0.15) is 5.10 Å². The van der Waals surface area contributed by atoms with E-state index >= 15 is 0 Å². The van der Waals surface area contributed by atoms with Gasteiger partial charge < -0.3 is 9.47 Å². The summed E-state index contributed by atoms with van der Waals surface area (Å²) in [7, 11) is 0. The maximum atomic E-state index is 12.5. The van der Waals surface area contributed by atoms with Crippen molar-refractivity contribution in [2.75, 3.05) is 6.61 Å². The number of hydrazone groups is 1. The fraction of sp³-hybridized carbons (Fsp3) is 0.0800. The second kappa shape index (κ2) is 10.3. The molecule has 0 spiro atoms. The van der Waals surface area contributed by atoms with E-state index in [0.29, 0.717) is 21.4 Å². The zero-order chi connectivity index (χ0) is 23.2. The number of nitrogens with one attached hydrogen (secondary N) is 1. The minimum absolute atomic E-state index is 0.143. The van der Waals surface area contributed by atoms with Gasteiger partial charge in [-0.25, -0.2) is 10.2 Å². The summed E-state index contributed by atoms with van der Waals surface area (Å²) in [5.74, 6) is 0.101. The predicted octanol–water partition coefficient (Wildman–Crippen LogP) is 5.61. The second-order valence-electron chi connectivity index (χ2n) is 7.09. The van der Waals surface area contributed by atoms with E-state index in [-0.39, 0.29) is 12.5 Å². The number of fused-ring (bicyclic) bond motifs is 1. The highest BCUT2D eigenvalue weighted by Crippen LogP contribution is 2.35. The van der Waals surface area contributed by atoms with E-state index in [0.717, 1.165) is 21.2 Å². The molecule has 0 atom stereocenters. The third-order valence-corrected chi connectivity index (χ3v) is 6.26. The number of hydrogen-bond donors (Lipinski definition) is 1. The first-order valence-corrected chi connectivity index (χ1v) is 11.2. The molecule has 0 bridgehead atoms. The number of amides is 1. The lowest BCUT2D eigenvalue weighted by Crippen LogP contribution is -2.24. The number of thiophene rings is 1. The van der Waals surface area contributed by atoms with Crippen LogP contribution in [0, 0.1) is 6.92 Å². The Morgan fingerprint density at radius 1 is 1.00 bits per heavy atom. The van der Waals surface area contributed by atoms with Crippen molar-refractivity contribution in [3.05, 3.63) is 93.8 Å². The Morgan fingerprint density at radius 3 is 2.42 bits per heavy atom. The molecule has 4 rings (SSSR count). The van der Waals surface area contributed by atoms with Crippen LogP contribution in [0.15, 0.2) is 77.9 Å². The number of halogens is 1. The fourth-order valence-electron chi connectivity index (χ4n) is 2.92. The summed E-state index contributed by atoms with van der Waals surface area (Å²) < 4.78 is 11.8. The topological polar surface area (TPSA) is 77.0 Å². The van der Waals surface area contributed by atoms with Gasteiger partial charge in [0.25, 0.3) is 5.91 Å². The lowest BCUT2D eigenvalue weighted by Gasteiger charge is -2.05. The molecule has 0 saturated carbocycles. The Labute approximate surface area is 199 Å². The van der Waals surface area contributed by atoms with Crippen LogP contribution in [-0.4, -0.2) is 24.7 Å². The third kappa shape index (κ3) is 5.77. The normalized spacial score (nSPS) is 11.0. The molecular formula is C25H19ClN2O4S. The number of esters is 1. The minimum atomic E-state index is -0.511. The standard InChI is InChI=1S/C25H19ClN2O4S/c1-16-6-10-18(11-7-16)31-15-22(29)28-27-14-17-8-12-19(13-9-17)32-25(30)24-23(26)20-4-2-3-5-21(20)33-24/h2-14H,15H2,1H3,(H,28,29)/b27-14+. The average molecular weight is 479 g/mol. The summed E-state index contributed by atoms with van der Waals surface area (Å²) in [6.07, 6.45) is 1.48. The van der Waals surface area contributed by atoms with E-state index in [2.05, 4.69) is 10.5 Å². The predicted molar refractivity (Wildman–Crippen MR) is 131 cm³/mol. The Kier molecular flexibility index (Phi) is 7.02. The zero-order valence-corrected chi connectivity index (χ0v) is 19.2. The van der Waals surface area contributed by atoms with E-state index in [9.17, 15) is 9.59 Å². The summed E-state index contributed by atoms with van der Waals surface area (Å²) >= 11 is 7.63. The van der Waals surface area contributed by atoms with E-state index in [1.807, 2.05) is 43.3 Å². The quantitative estimate of drug-likeness (QED) is 0.162. The number of benzene rings is 3. The SMILES string of the molecule is Cc1ccc(OCC(=O)N/N=C/c2ccc(OC(=O)c3sc4ccccc4c3Cl)cc2)cc1. The molecule has 8 heteroatoms. The number of carbonyl (C=O) groups is 2. The smallest absolute Gasteiger partial charge is 0.355 e. The molecule has 3 aromatic carbocycles. The Bertz CT molecular complexity index is 1310. The molecule has 0 aliphatic heterocycles. The van der Waals surface area contributed by atoms with Crippen LogP contribution in [0.1, 0.15) is 20.8 Å². The van der Waals surface area contributed by atoms with Gasteiger partial charge >= 0.3 is 5.97 Å². The van der Waals surface area contributed by atoms with Gasteiger partial charge in [0, 0.05) is 10.1 Å². The van der Waals surface area contributed by atoms with Crippen molar-refractivity contribution in [2.24, 2.45) is 5.10 Å². The summed E-state index contributed by atoms with van der Waals surface area (Å²) in [6.45, 7) is 1.83. The van der Waals surface area contributed by atoms with Gasteiger partial charge in [-0.1, -0.05) is 47.5 Å². The van der Waals surface area contributed by atoms with Crippen molar-refractivity contribution in [3.8, 4) is 11.5 Å². The minimum Gasteiger partial charge on any atom is -0.484 e. The highest BCUT2D eigenvalue weighted by molar-refractivity contribution is 7.21. The molecule has 1 amide bonds. The lowest BCUT2D eigenvalue weighted by atomic mass is 10.2. The summed E-state index contributed by atoms with van der Waals surface area (Å²) in [4.78, 5) is 24.8. The van der Waals surface area contributed by atoms with Gasteiger partial charge in [-0.3, -0.25) is 4.79 Å². The van der Waals surface area contributed by atoms with Gasteiger partial charge in [0.05, 0.1) is 11.2 Å². The zero-order valence-electron chi connectivity index (χ0n) is 17.6. The average Bonchev–Trinajstić information content (AvgIpc) is 3.17. The molecule has 4 aromatic rings. The van der Waals surface area contributed by atoms with E-state index in [4.69, 9.17) is 21.1 Å². The van der Waals surface area contributed by atoms with Crippen molar-refractivity contribution in [3.63, 3.8) is 0 Å². The lowest BCUT2D eigenvalue weighted by molar-refractivity contribution is -0.123. The number of ether oxygens (including phenoxy) is 2. The van der Waals surface area contributed by atoms with Gasteiger partial charge in [-0.05, 0) is 55.0 Å². The molecule has 0 aliphatic carbocycles.